The first-order valence-corrected chi connectivity index (χ1v) is 7.87. The number of carbonyl (C=O) groups excluding carboxylic acids is 3. The summed E-state index contributed by atoms with van der Waals surface area (Å²) in [6.45, 7) is 1.34. The minimum absolute atomic E-state index is 0.0857. The first-order valence-electron chi connectivity index (χ1n) is 6.99. The van der Waals surface area contributed by atoms with Gasteiger partial charge in [0.1, 0.15) is 0 Å². The normalized spacial score (nSPS) is 9.96. The molecule has 2 rings (SSSR count). The van der Waals surface area contributed by atoms with Gasteiger partial charge < -0.3 is 16.0 Å². The maximum absolute atomic E-state index is 11.8. The molecular formula is C16H17N3O3S. The molecule has 0 aliphatic rings. The lowest BCUT2D eigenvalue weighted by Gasteiger charge is -2.08. The predicted octanol–water partition coefficient (Wildman–Crippen LogP) is 2.00. The zero-order valence-electron chi connectivity index (χ0n) is 12.6. The molecule has 1 aromatic carbocycles. The van der Waals surface area contributed by atoms with Gasteiger partial charge in [0.05, 0.1) is 13.0 Å². The van der Waals surface area contributed by atoms with E-state index in [1.54, 1.807) is 24.3 Å². The van der Waals surface area contributed by atoms with E-state index in [-0.39, 0.29) is 30.7 Å². The van der Waals surface area contributed by atoms with Gasteiger partial charge in [0.15, 0.2) is 0 Å². The third-order valence-electron chi connectivity index (χ3n) is 2.85. The second kappa shape index (κ2) is 8.09. The SMILES string of the molecule is CC(=O)Nc1ccc(NC(=O)CNC(=O)Cc2cccs2)cc1. The maximum Gasteiger partial charge on any atom is 0.243 e. The van der Waals surface area contributed by atoms with E-state index in [1.807, 2.05) is 17.5 Å². The number of amides is 3. The lowest BCUT2D eigenvalue weighted by molar-refractivity contribution is -0.123. The molecule has 23 heavy (non-hydrogen) atoms. The van der Waals surface area contributed by atoms with Crippen LogP contribution in [0.15, 0.2) is 41.8 Å². The van der Waals surface area contributed by atoms with Crippen molar-refractivity contribution in [1.82, 2.24) is 5.32 Å². The van der Waals surface area contributed by atoms with Crippen molar-refractivity contribution in [3.05, 3.63) is 46.7 Å². The Morgan fingerprint density at radius 3 is 2.17 bits per heavy atom. The Morgan fingerprint density at radius 1 is 0.957 bits per heavy atom. The van der Waals surface area contributed by atoms with E-state index in [0.29, 0.717) is 11.4 Å². The highest BCUT2D eigenvalue weighted by Crippen LogP contribution is 2.13. The molecule has 0 saturated heterocycles. The Kier molecular flexibility index (Phi) is 5.87. The molecule has 120 valence electrons. The molecule has 1 heterocycles. The van der Waals surface area contributed by atoms with Crippen LogP contribution in [0.25, 0.3) is 0 Å². The topological polar surface area (TPSA) is 87.3 Å². The molecular weight excluding hydrogens is 314 g/mol. The average molecular weight is 331 g/mol. The number of nitrogens with one attached hydrogen (secondary N) is 3. The van der Waals surface area contributed by atoms with Crippen molar-refractivity contribution in [2.75, 3.05) is 17.2 Å². The highest BCUT2D eigenvalue weighted by Gasteiger charge is 2.07. The number of hydrogen-bond donors (Lipinski definition) is 3. The molecule has 0 unspecified atom stereocenters. The molecule has 2 aromatic rings. The van der Waals surface area contributed by atoms with Gasteiger partial charge in [-0.1, -0.05) is 6.07 Å². The van der Waals surface area contributed by atoms with E-state index in [1.165, 1.54) is 18.3 Å². The molecule has 0 saturated carbocycles. The van der Waals surface area contributed by atoms with Gasteiger partial charge in [0.25, 0.3) is 0 Å². The minimum Gasteiger partial charge on any atom is -0.347 e. The minimum atomic E-state index is -0.309. The monoisotopic (exact) mass is 331 g/mol. The number of hydrogen-bond acceptors (Lipinski definition) is 4. The smallest absolute Gasteiger partial charge is 0.243 e. The van der Waals surface area contributed by atoms with Crippen LogP contribution in [0.3, 0.4) is 0 Å². The highest BCUT2D eigenvalue weighted by molar-refractivity contribution is 7.10. The van der Waals surface area contributed by atoms with Crippen LogP contribution in [0.4, 0.5) is 11.4 Å². The summed E-state index contributed by atoms with van der Waals surface area (Å²) in [4.78, 5) is 35.4. The van der Waals surface area contributed by atoms with Gasteiger partial charge in [-0.2, -0.15) is 0 Å². The van der Waals surface area contributed by atoms with Crippen molar-refractivity contribution in [3.63, 3.8) is 0 Å². The van der Waals surface area contributed by atoms with Crippen LogP contribution in [0.5, 0.6) is 0 Å². The summed E-state index contributed by atoms with van der Waals surface area (Å²) in [6, 6.07) is 10.5. The Morgan fingerprint density at radius 2 is 1.61 bits per heavy atom. The van der Waals surface area contributed by atoms with Gasteiger partial charge in [-0.25, -0.2) is 0 Å². The fourth-order valence-corrected chi connectivity index (χ4v) is 2.56. The molecule has 6 nitrogen and oxygen atoms in total. The van der Waals surface area contributed by atoms with E-state index < -0.39 is 0 Å². The molecule has 0 atom stereocenters. The third-order valence-corrected chi connectivity index (χ3v) is 3.73. The van der Waals surface area contributed by atoms with Gasteiger partial charge >= 0.3 is 0 Å². The zero-order valence-corrected chi connectivity index (χ0v) is 13.4. The van der Waals surface area contributed by atoms with Crippen molar-refractivity contribution in [2.45, 2.75) is 13.3 Å². The summed E-state index contributed by atoms with van der Waals surface area (Å²) in [5.41, 5.74) is 1.25. The van der Waals surface area contributed by atoms with Crippen molar-refractivity contribution >= 4 is 40.4 Å². The quantitative estimate of drug-likeness (QED) is 0.756. The molecule has 0 bridgehead atoms. The molecule has 0 spiro atoms. The van der Waals surface area contributed by atoms with Crippen LogP contribution in [-0.4, -0.2) is 24.3 Å². The van der Waals surface area contributed by atoms with E-state index in [4.69, 9.17) is 0 Å². The van der Waals surface area contributed by atoms with E-state index in [2.05, 4.69) is 16.0 Å². The number of benzene rings is 1. The second-order valence-corrected chi connectivity index (χ2v) is 5.87. The van der Waals surface area contributed by atoms with E-state index in [0.717, 1.165) is 4.88 Å². The molecule has 0 radical (unpaired) electrons. The number of thiophene rings is 1. The summed E-state index contributed by atoms with van der Waals surface area (Å²) >= 11 is 1.50. The van der Waals surface area contributed by atoms with Crippen molar-refractivity contribution in [1.29, 1.82) is 0 Å². The second-order valence-electron chi connectivity index (χ2n) is 4.84. The summed E-state index contributed by atoms with van der Waals surface area (Å²) in [7, 11) is 0. The molecule has 7 heteroatoms. The number of rotatable bonds is 6. The Bertz CT molecular complexity index is 681. The molecule has 0 aliphatic heterocycles. The standard InChI is InChI=1S/C16H17N3O3S/c1-11(20)18-12-4-6-13(7-5-12)19-16(22)10-17-15(21)9-14-3-2-8-23-14/h2-8H,9-10H2,1H3,(H,17,21)(H,18,20)(H,19,22). The maximum atomic E-state index is 11.8. The lowest BCUT2D eigenvalue weighted by Crippen LogP contribution is -2.33. The molecule has 1 aromatic heterocycles. The largest absolute Gasteiger partial charge is 0.347 e. The molecule has 0 aliphatic carbocycles. The van der Waals surface area contributed by atoms with E-state index >= 15 is 0 Å². The fourth-order valence-electron chi connectivity index (χ4n) is 1.86. The van der Waals surface area contributed by atoms with Crippen LogP contribution in [0.2, 0.25) is 0 Å². The summed E-state index contributed by atoms with van der Waals surface area (Å²) < 4.78 is 0. The molecule has 3 amide bonds. The Balaban J connectivity index is 1.75. The molecule has 3 N–H and O–H groups in total. The fraction of sp³-hybridized carbons (Fsp3) is 0.188. The first kappa shape index (κ1) is 16.7. The van der Waals surface area contributed by atoms with Gasteiger partial charge in [-0.3, -0.25) is 14.4 Å². The summed E-state index contributed by atoms with van der Waals surface area (Å²) in [5, 5.41) is 9.79. The van der Waals surface area contributed by atoms with Gasteiger partial charge in [0.2, 0.25) is 17.7 Å². The van der Waals surface area contributed by atoms with Crippen LogP contribution in [0.1, 0.15) is 11.8 Å². The first-order chi connectivity index (χ1) is 11.0. The van der Waals surface area contributed by atoms with Crippen LogP contribution in [0, 0.1) is 0 Å². The van der Waals surface area contributed by atoms with Crippen LogP contribution >= 0.6 is 11.3 Å². The Labute approximate surface area is 137 Å². The van der Waals surface area contributed by atoms with Crippen molar-refractivity contribution in [3.8, 4) is 0 Å². The lowest BCUT2D eigenvalue weighted by atomic mass is 10.2. The predicted molar refractivity (Wildman–Crippen MR) is 90.4 cm³/mol. The van der Waals surface area contributed by atoms with Crippen LogP contribution in [-0.2, 0) is 20.8 Å². The highest BCUT2D eigenvalue weighted by atomic mass is 32.1. The van der Waals surface area contributed by atoms with Crippen molar-refractivity contribution in [2.24, 2.45) is 0 Å². The van der Waals surface area contributed by atoms with Crippen LogP contribution < -0.4 is 16.0 Å². The summed E-state index contributed by atoms with van der Waals surface area (Å²) in [5.74, 6) is -0.657. The zero-order chi connectivity index (χ0) is 16.7. The summed E-state index contributed by atoms with van der Waals surface area (Å²) in [6.07, 6.45) is 0.274. The number of carbonyl (C=O) groups is 3. The average Bonchev–Trinajstić information content (AvgIpc) is 2.99. The molecule has 0 fully saturated rings. The Hall–Kier alpha value is -2.67. The third kappa shape index (κ3) is 5.91. The van der Waals surface area contributed by atoms with Gasteiger partial charge in [-0.05, 0) is 35.7 Å². The van der Waals surface area contributed by atoms with Gasteiger partial charge in [-0.15, -0.1) is 11.3 Å². The number of anilines is 2. The van der Waals surface area contributed by atoms with E-state index in [9.17, 15) is 14.4 Å². The van der Waals surface area contributed by atoms with Crippen molar-refractivity contribution < 1.29 is 14.4 Å². The van der Waals surface area contributed by atoms with Gasteiger partial charge in [0, 0.05) is 23.2 Å².